The van der Waals surface area contributed by atoms with E-state index in [1.165, 1.54) is 12.0 Å². The molecule has 40 heavy (non-hydrogen) atoms. The molecule has 0 saturated heterocycles. The lowest BCUT2D eigenvalue weighted by molar-refractivity contribution is -0.140. The number of hydrogen-bond donors (Lipinski definition) is 1. The van der Waals surface area contributed by atoms with E-state index in [9.17, 15) is 18.0 Å². The van der Waals surface area contributed by atoms with Gasteiger partial charge < -0.3 is 19.7 Å². The second kappa shape index (κ2) is 14.4. The minimum atomic E-state index is -3.90. The summed E-state index contributed by atoms with van der Waals surface area (Å²) in [6.45, 7) is 1.94. The topological polar surface area (TPSA) is 105 Å². The summed E-state index contributed by atoms with van der Waals surface area (Å²) in [6, 6.07) is 22.3. The van der Waals surface area contributed by atoms with Gasteiger partial charge in [-0.15, -0.1) is 0 Å². The predicted octanol–water partition coefficient (Wildman–Crippen LogP) is 3.64. The first-order valence-corrected chi connectivity index (χ1v) is 14.9. The second-order valence-electron chi connectivity index (χ2n) is 9.31. The molecule has 0 unspecified atom stereocenters. The Morgan fingerprint density at radius 3 is 2.23 bits per heavy atom. The summed E-state index contributed by atoms with van der Waals surface area (Å²) in [5, 5.41) is 2.92. The monoisotopic (exact) mass is 567 g/mol. The molecule has 0 bridgehead atoms. The van der Waals surface area contributed by atoms with E-state index in [1.807, 2.05) is 43.3 Å². The molecule has 0 aromatic heterocycles. The third-order valence-electron chi connectivity index (χ3n) is 6.34. The van der Waals surface area contributed by atoms with Crippen LogP contribution in [-0.4, -0.2) is 64.7 Å². The van der Waals surface area contributed by atoms with Gasteiger partial charge in [0.15, 0.2) is 0 Å². The van der Waals surface area contributed by atoms with Crippen LogP contribution in [0.4, 0.5) is 5.69 Å². The molecule has 9 nitrogen and oxygen atoms in total. The highest BCUT2D eigenvalue weighted by atomic mass is 32.2. The average molecular weight is 568 g/mol. The molecule has 3 aromatic carbocycles. The van der Waals surface area contributed by atoms with E-state index in [-0.39, 0.29) is 24.6 Å². The number of ether oxygens (including phenoxy) is 2. The maximum atomic E-state index is 14.1. The van der Waals surface area contributed by atoms with Crippen molar-refractivity contribution in [2.45, 2.75) is 32.4 Å². The number of para-hydroxylation sites is 2. The van der Waals surface area contributed by atoms with Gasteiger partial charge in [-0.25, -0.2) is 8.42 Å². The lowest BCUT2D eigenvalue weighted by Crippen LogP contribution is -2.53. The van der Waals surface area contributed by atoms with Crippen LogP contribution in [0, 0.1) is 0 Å². The number of sulfonamides is 1. The zero-order valence-corrected chi connectivity index (χ0v) is 24.2. The van der Waals surface area contributed by atoms with Crippen LogP contribution in [0.1, 0.15) is 24.5 Å². The van der Waals surface area contributed by atoms with Crippen molar-refractivity contribution >= 4 is 27.5 Å². The Kier molecular flexibility index (Phi) is 11.0. The third kappa shape index (κ3) is 8.22. The molecule has 0 saturated carbocycles. The average Bonchev–Trinajstić information content (AvgIpc) is 2.96. The van der Waals surface area contributed by atoms with Crippen molar-refractivity contribution in [1.82, 2.24) is 10.2 Å². The normalized spacial score (nSPS) is 11.8. The fraction of sp³-hybridized carbons (Fsp3) is 0.333. The molecule has 214 valence electrons. The third-order valence-corrected chi connectivity index (χ3v) is 7.47. The summed E-state index contributed by atoms with van der Waals surface area (Å²) in [7, 11) is -0.910. The predicted molar refractivity (Wildman–Crippen MR) is 156 cm³/mol. The molecule has 1 N–H and O–H groups in total. The van der Waals surface area contributed by atoms with Gasteiger partial charge in [-0.3, -0.25) is 13.9 Å². The van der Waals surface area contributed by atoms with Gasteiger partial charge in [-0.1, -0.05) is 61.5 Å². The Hall–Kier alpha value is -4.05. The number of rotatable bonds is 14. The number of anilines is 1. The van der Waals surface area contributed by atoms with Crippen molar-refractivity contribution in [1.29, 1.82) is 0 Å². The summed E-state index contributed by atoms with van der Waals surface area (Å²) in [6.07, 6.45) is 2.01. The largest absolute Gasteiger partial charge is 0.497 e. The van der Waals surface area contributed by atoms with Crippen molar-refractivity contribution in [3.8, 4) is 11.5 Å². The van der Waals surface area contributed by atoms with E-state index in [4.69, 9.17) is 9.47 Å². The Morgan fingerprint density at radius 2 is 1.57 bits per heavy atom. The molecule has 0 aliphatic heterocycles. The molecule has 0 aliphatic carbocycles. The maximum Gasteiger partial charge on any atom is 0.244 e. The van der Waals surface area contributed by atoms with Gasteiger partial charge in [0.25, 0.3) is 0 Å². The SMILES string of the molecule is CCCNC(=O)[C@H](Cc1ccccc1)N(Cc1cccc(OC)c1)C(=O)CN(c1ccccc1OC)S(C)(=O)=O. The molecule has 0 radical (unpaired) electrons. The van der Waals surface area contributed by atoms with Gasteiger partial charge in [0.2, 0.25) is 21.8 Å². The minimum Gasteiger partial charge on any atom is -0.497 e. The summed E-state index contributed by atoms with van der Waals surface area (Å²) in [4.78, 5) is 29.1. The highest BCUT2D eigenvalue weighted by molar-refractivity contribution is 7.92. The van der Waals surface area contributed by atoms with Crippen LogP contribution in [0.2, 0.25) is 0 Å². The van der Waals surface area contributed by atoms with E-state index in [2.05, 4.69) is 5.32 Å². The molecule has 0 fully saturated rings. The zero-order chi connectivity index (χ0) is 29.1. The molecular formula is C30H37N3O6S. The molecule has 3 rings (SSSR count). The van der Waals surface area contributed by atoms with Crippen molar-refractivity contribution in [3.05, 3.63) is 90.0 Å². The molecule has 0 heterocycles. The Bertz CT molecular complexity index is 1380. The van der Waals surface area contributed by atoms with Gasteiger partial charge in [0.1, 0.15) is 24.1 Å². The van der Waals surface area contributed by atoms with E-state index in [0.29, 0.717) is 18.0 Å². The number of carbonyl (C=O) groups is 2. The summed E-state index contributed by atoms with van der Waals surface area (Å²) in [5.74, 6) is 0.0604. The minimum absolute atomic E-state index is 0.0661. The lowest BCUT2D eigenvalue weighted by Gasteiger charge is -2.33. The molecule has 0 aliphatic rings. The zero-order valence-electron chi connectivity index (χ0n) is 23.4. The highest BCUT2D eigenvalue weighted by Gasteiger charge is 2.33. The number of nitrogens with one attached hydrogen (secondary N) is 1. The number of benzene rings is 3. The molecule has 10 heteroatoms. The van der Waals surface area contributed by atoms with Crippen molar-refractivity contribution in [2.24, 2.45) is 0 Å². The molecular weight excluding hydrogens is 530 g/mol. The van der Waals surface area contributed by atoms with Gasteiger partial charge in [0, 0.05) is 19.5 Å². The van der Waals surface area contributed by atoms with E-state index in [0.717, 1.165) is 28.1 Å². The quantitative estimate of drug-likeness (QED) is 0.319. The number of carbonyl (C=O) groups excluding carboxylic acids is 2. The van der Waals surface area contributed by atoms with Crippen LogP contribution in [0.25, 0.3) is 0 Å². The highest BCUT2D eigenvalue weighted by Crippen LogP contribution is 2.30. The Morgan fingerprint density at radius 1 is 0.900 bits per heavy atom. The van der Waals surface area contributed by atoms with Gasteiger partial charge in [0.05, 0.1) is 26.2 Å². The van der Waals surface area contributed by atoms with Crippen molar-refractivity contribution in [2.75, 3.05) is 37.9 Å². The Labute approximate surface area is 236 Å². The van der Waals surface area contributed by atoms with E-state index >= 15 is 0 Å². The number of amides is 2. The van der Waals surface area contributed by atoms with E-state index in [1.54, 1.807) is 49.6 Å². The second-order valence-corrected chi connectivity index (χ2v) is 11.2. The molecule has 0 spiro atoms. The van der Waals surface area contributed by atoms with E-state index < -0.39 is 28.5 Å². The van der Waals surface area contributed by atoms with Crippen LogP contribution in [0.15, 0.2) is 78.9 Å². The van der Waals surface area contributed by atoms with Crippen LogP contribution < -0.4 is 19.1 Å². The van der Waals surface area contributed by atoms with Gasteiger partial charge in [-0.05, 0) is 41.8 Å². The van der Waals surface area contributed by atoms with Gasteiger partial charge in [-0.2, -0.15) is 0 Å². The first-order valence-electron chi connectivity index (χ1n) is 13.0. The van der Waals surface area contributed by atoms with Crippen LogP contribution >= 0.6 is 0 Å². The van der Waals surface area contributed by atoms with Crippen LogP contribution in [0.3, 0.4) is 0 Å². The standard InChI is InChI=1S/C30H37N3O6S/c1-5-18-31-30(35)27(20-23-12-7-6-8-13-23)32(21-24-14-11-15-25(19-24)38-2)29(34)22-33(40(4,36)37)26-16-9-10-17-28(26)39-3/h6-17,19,27H,5,18,20-22H2,1-4H3,(H,31,35)/t27-/m0/s1. The van der Waals surface area contributed by atoms with Crippen molar-refractivity contribution < 1.29 is 27.5 Å². The Balaban J connectivity index is 2.07. The molecule has 2 amide bonds. The number of hydrogen-bond acceptors (Lipinski definition) is 6. The number of nitrogens with zero attached hydrogens (tertiary/aromatic N) is 2. The smallest absolute Gasteiger partial charge is 0.244 e. The van der Waals surface area contributed by atoms with Crippen molar-refractivity contribution in [3.63, 3.8) is 0 Å². The maximum absolute atomic E-state index is 14.1. The number of methoxy groups -OCH3 is 2. The lowest BCUT2D eigenvalue weighted by atomic mass is 10.0. The first-order chi connectivity index (χ1) is 19.2. The fourth-order valence-corrected chi connectivity index (χ4v) is 5.17. The molecule has 1 atom stereocenters. The fourth-order valence-electron chi connectivity index (χ4n) is 4.32. The van der Waals surface area contributed by atoms with Crippen LogP contribution in [-0.2, 0) is 32.6 Å². The first kappa shape index (κ1) is 30.5. The van der Waals surface area contributed by atoms with Crippen LogP contribution in [0.5, 0.6) is 11.5 Å². The summed E-state index contributed by atoms with van der Waals surface area (Å²) in [5.41, 5.74) is 1.83. The summed E-state index contributed by atoms with van der Waals surface area (Å²) >= 11 is 0. The summed E-state index contributed by atoms with van der Waals surface area (Å²) < 4.78 is 37.6. The van der Waals surface area contributed by atoms with Gasteiger partial charge >= 0.3 is 0 Å². The molecule has 3 aromatic rings.